The Bertz CT molecular complexity index is 542. The number of aromatic nitrogens is 2. The average Bonchev–Trinajstić information content (AvgIpc) is 2.37. The molecule has 0 atom stereocenters. The van der Waals surface area contributed by atoms with Crippen LogP contribution in [0.1, 0.15) is 5.82 Å². The summed E-state index contributed by atoms with van der Waals surface area (Å²) >= 11 is 3.47. The highest BCUT2D eigenvalue weighted by Crippen LogP contribution is 2.27. The Balaban J connectivity index is 2.44. The maximum atomic E-state index is 5.51. The molecule has 1 aromatic heterocycles. The molecule has 2 rings (SSSR count). The van der Waals surface area contributed by atoms with E-state index < -0.39 is 0 Å². The van der Waals surface area contributed by atoms with Gasteiger partial charge in [0.05, 0.1) is 17.6 Å². The van der Waals surface area contributed by atoms with Crippen molar-refractivity contribution in [2.45, 2.75) is 6.92 Å². The molecular weight excluding hydrogens is 292 g/mol. The molecule has 0 spiro atoms. The summed E-state index contributed by atoms with van der Waals surface area (Å²) < 4.78 is 1.03. The third-order valence-corrected chi connectivity index (χ3v) is 2.96. The number of anilines is 1. The number of benzene rings is 1. The summed E-state index contributed by atoms with van der Waals surface area (Å²) in [6, 6.07) is 8.05. The molecule has 0 saturated heterocycles. The van der Waals surface area contributed by atoms with Gasteiger partial charge in [-0.3, -0.25) is 0 Å². The van der Waals surface area contributed by atoms with E-state index in [1.807, 2.05) is 31.2 Å². The number of nitrogens with two attached hydrogens (primary N) is 1. The third-order valence-electron chi connectivity index (χ3n) is 2.47. The number of nitrogens with one attached hydrogen (secondary N) is 1. The van der Waals surface area contributed by atoms with Crippen molar-refractivity contribution in [1.29, 1.82) is 0 Å². The first-order valence-electron chi connectivity index (χ1n) is 5.74. The molecule has 0 saturated carbocycles. The summed E-state index contributed by atoms with van der Waals surface area (Å²) in [4.78, 5) is 8.72. The molecule has 0 unspecified atom stereocenters. The summed E-state index contributed by atoms with van der Waals surface area (Å²) in [5, 5.41) is 3.24. The van der Waals surface area contributed by atoms with Gasteiger partial charge in [-0.15, -0.1) is 0 Å². The van der Waals surface area contributed by atoms with Crippen LogP contribution in [0, 0.1) is 6.92 Å². The van der Waals surface area contributed by atoms with Gasteiger partial charge in [0.15, 0.2) is 0 Å². The zero-order valence-electron chi connectivity index (χ0n) is 10.2. The molecule has 0 amide bonds. The second-order valence-corrected chi connectivity index (χ2v) is 4.82. The Labute approximate surface area is 115 Å². The second-order valence-electron chi connectivity index (χ2n) is 3.91. The van der Waals surface area contributed by atoms with Gasteiger partial charge in [0.1, 0.15) is 5.82 Å². The van der Waals surface area contributed by atoms with Crippen LogP contribution in [0.2, 0.25) is 0 Å². The van der Waals surface area contributed by atoms with Crippen LogP contribution in [0.15, 0.2) is 34.9 Å². The van der Waals surface area contributed by atoms with E-state index in [4.69, 9.17) is 5.73 Å². The third kappa shape index (κ3) is 3.05. The standard InChI is InChI=1S/C13H15BrN4/c1-9-17-8-12(16-6-5-15)13(18-9)10-3-2-4-11(14)7-10/h2-4,7-8,16H,5-6,15H2,1H3. The lowest BCUT2D eigenvalue weighted by Gasteiger charge is -2.11. The predicted octanol–water partition coefficient (Wildman–Crippen LogP) is 2.59. The minimum atomic E-state index is 0.575. The normalized spacial score (nSPS) is 10.4. The molecule has 2 aromatic rings. The lowest BCUT2D eigenvalue weighted by molar-refractivity contribution is 1.00. The predicted molar refractivity (Wildman–Crippen MR) is 77.4 cm³/mol. The van der Waals surface area contributed by atoms with E-state index in [0.717, 1.165) is 27.2 Å². The topological polar surface area (TPSA) is 63.8 Å². The highest BCUT2D eigenvalue weighted by Gasteiger charge is 2.08. The number of hydrogen-bond donors (Lipinski definition) is 2. The zero-order chi connectivity index (χ0) is 13.0. The quantitative estimate of drug-likeness (QED) is 0.911. The van der Waals surface area contributed by atoms with Crippen molar-refractivity contribution in [2.24, 2.45) is 5.73 Å². The molecule has 0 bridgehead atoms. The second kappa shape index (κ2) is 5.93. The van der Waals surface area contributed by atoms with Gasteiger partial charge < -0.3 is 11.1 Å². The number of rotatable bonds is 4. The first-order valence-corrected chi connectivity index (χ1v) is 6.53. The molecule has 94 valence electrons. The highest BCUT2D eigenvalue weighted by molar-refractivity contribution is 9.10. The molecule has 0 aliphatic rings. The number of aryl methyl sites for hydroxylation is 1. The Morgan fingerprint density at radius 1 is 1.39 bits per heavy atom. The van der Waals surface area contributed by atoms with E-state index in [1.54, 1.807) is 6.20 Å². The van der Waals surface area contributed by atoms with Crippen molar-refractivity contribution in [2.75, 3.05) is 18.4 Å². The molecule has 4 nitrogen and oxygen atoms in total. The van der Waals surface area contributed by atoms with Crippen LogP contribution in [0.4, 0.5) is 5.69 Å². The molecule has 0 aliphatic carbocycles. The lowest BCUT2D eigenvalue weighted by atomic mass is 10.1. The van der Waals surface area contributed by atoms with Gasteiger partial charge in [-0.1, -0.05) is 28.1 Å². The number of hydrogen-bond acceptors (Lipinski definition) is 4. The van der Waals surface area contributed by atoms with Gasteiger partial charge in [-0.2, -0.15) is 0 Å². The summed E-state index contributed by atoms with van der Waals surface area (Å²) in [5.74, 6) is 0.753. The summed E-state index contributed by atoms with van der Waals surface area (Å²) in [5.41, 5.74) is 8.37. The van der Waals surface area contributed by atoms with Gasteiger partial charge >= 0.3 is 0 Å². The van der Waals surface area contributed by atoms with Gasteiger partial charge in [-0.25, -0.2) is 9.97 Å². The minimum absolute atomic E-state index is 0.575. The first-order chi connectivity index (χ1) is 8.70. The maximum Gasteiger partial charge on any atom is 0.126 e. The molecule has 0 fully saturated rings. The van der Waals surface area contributed by atoms with Crippen molar-refractivity contribution < 1.29 is 0 Å². The Morgan fingerprint density at radius 2 is 2.22 bits per heavy atom. The van der Waals surface area contributed by atoms with E-state index in [0.29, 0.717) is 13.1 Å². The van der Waals surface area contributed by atoms with Crippen LogP contribution in [0.3, 0.4) is 0 Å². The fourth-order valence-electron chi connectivity index (χ4n) is 1.66. The fourth-order valence-corrected chi connectivity index (χ4v) is 2.06. The van der Waals surface area contributed by atoms with E-state index in [2.05, 4.69) is 31.2 Å². The van der Waals surface area contributed by atoms with Crippen molar-refractivity contribution >= 4 is 21.6 Å². The average molecular weight is 307 g/mol. The molecule has 3 N–H and O–H groups in total. The molecule has 0 aliphatic heterocycles. The zero-order valence-corrected chi connectivity index (χ0v) is 11.7. The van der Waals surface area contributed by atoms with Crippen molar-refractivity contribution in [3.8, 4) is 11.3 Å². The Hall–Kier alpha value is -1.46. The molecule has 1 heterocycles. The van der Waals surface area contributed by atoms with Crippen LogP contribution in [-0.2, 0) is 0 Å². The molecule has 5 heteroatoms. The largest absolute Gasteiger partial charge is 0.381 e. The van der Waals surface area contributed by atoms with E-state index in [9.17, 15) is 0 Å². The Kier molecular flexibility index (Phi) is 4.28. The lowest BCUT2D eigenvalue weighted by Crippen LogP contribution is -2.14. The fraction of sp³-hybridized carbons (Fsp3) is 0.231. The maximum absolute atomic E-state index is 5.51. The molecule has 0 radical (unpaired) electrons. The van der Waals surface area contributed by atoms with Gasteiger partial charge in [-0.05, 0) is 19.1 Å². The summed E-state index contributed by atoms with van der Waals surface area (Å²) in [7, 11) is 0. The minimum Gasteiger partial charge on any atom is -0.381 e. The van der Waals surface area contributed by atoms with Crippen molar-refractivity contribution in [1.82, 2.24) is 9.97 Å². The van der Waals surface area contributed by atoms with Crippen LogP contribution >= 0.6 is 15.9 Å². The molecule has 1 aromatic carbocycles. The number of halogens is 1. The van der Waals surface area contributed by atoms with E-state index >= 15 is 0 Å². The van der Waals surface area contributed by atoms with E-state index in [-0.39, 0.29) is 0 Å². The summed E-state index contributed by atoms with van der Waals surface area (Å²) in [6.45, 7) is 3.16. The SMILES string of the molecule is Cc1ncc(NCCN)c(-c2cccc(Br)c2)n1. The van der Waals surface area contributed by atoms with Crippen LogP contribution in [0.25, 0.3) is 11.3 Å². The first kappa shape index (κ1) is 13.0. The van der Waals surface area contributed by atoms with Crippen LogP contribution in [-0.4, -0.2) is 23.1 Å². The summed E-state index contributed by atoms with van der Waals surface area (Å²) in [6.07, 6.45) is 1.80. The highest BCUT2D eigenvalue weighted by atomic mass is 79.9. The van der Waals surface area contributed by atoms with Gasteiger partial charge in [0.2, 0.25) is 0 Å². The number of nitrogens with zero attached hydrogens (tertiary/aromatic N) is 2. The monoisotopic (exact) mass is 306 g/mol. The molecule has 18 heavy (non-hydrogen) atoms. The van der Waals surface area contributed by atoms with Gasteiger partial charge in [0.25, 0.3) is 0 Å². The van der Waals surface area contributed by atoms with Crippen molar-refractivity contribution in [3.63, 3.8) is 0 Å². The van der Waals surface area contributed by atoms with Crippen LogP contribution < -0.4 is 11.1 Å². The Morgan fingerprint density at radius 3 is 2.94 bits per heavy atom. The van der Waals surface area contributed by atoms with E-state index in [1.165, 1.54) is 0 Å². The van der Waals surface area contributed by atoms with Crippen LogP contribution in [0.5, 0.6) is 0 Å². The van der Waals surface area contributed by atoms with Crippen molar-refractivity contribution in [3.05, 3.63) is 40.8 Å². The van der Waals surface area contributed by atoms with Gasteiger partial charge in [0, 0.05) is 23.1 Å². The molecular formula is C13H15BrN4. The smallest absolute Gasteiger partial charge is 0.126 e.